The van der Waals surface area contributed by atoms with Crippen molar-refractivity contribution in [2.45, 2.75) is 25.3 Å². The molecule has 0 atom stereocenters. The Balaban J connectivity index is 1.79. The van der Waals surface area contributed by atoms with Crippen molar-refractivity contribution in [3.05, 3.63) is 111 Å². The Morgan fingerprint density at radius 3 is 2.57 bits per heavy atom. The van der Waals surface area contributed by atoms with E-state index < -0.39 is 14.9 Å². The minimum absolute atomic E-state index is 0.0379. The molecule has 2 aromatic carbocycles. The van der Waals surface area contributed by atoms with Gasteiger partial charge in [-0.3, -0.25) is 14.5 Å². The van der Waals surface area contributed by atoms with E-state index in [1.807, 2.05) is 31.3 Å². The fraction of sp³-hybridized carbons (Fsp3) is 0.125. The SMILES string of the molecule is C=C(NN(Cc1ccccc1)S(=O)(=O)c1cc([N+](=O)[O-])ccc1C)c1c(C)nc2ccc(Br)cn12. The minimum atomic E-state index is -4.23. The lowest BCUT2D eigenvalue weighted by Gasteiger charge is -2.26. The molecule has 0 aliphatic rings. The molecule has 0 unspecified atom stereocenters. The van der Waals surface area contributed by atoms with Crippen LogP contribution in [0.4, 0.5) is 5.69 Å². The topological polar surface area (TPSA) is 110 Å². The van der Waals surface area contributed by atoms with Gasteiger partial charge in [-0.05, 0) is 53.0 Å². The number of benzene rings is 2. The molecule has 0 saturated carbocycles. The third-order valence-electron chi connectivity index (χ3n) is 5.42. The number of imidazole rings is 1. The van der Waals surface area contributed by atoms with Gasteiger partial charge in [0.05, 0.1) is 33.4 Å². The van der Waals surface area contributed by atoms with E-state index in [9.17, 15) is 18.5 Å². The van der Waals surface area contributed by atoms with Crippen LogP contribution in [0.5, 0.6) is 0 Å². The van der Waals surface area contributed by atoms with Gasteiger partial charge in [0, 0.05) is 22.8 Å². The predicted octanol–water partition coefficient (Wildman–Crippen LogP) is 4.99. The molecule has 35 heavy (non-hydrogen) atoms. The second-order valence-electron chi connectivity index (χ2n) is 7.92. The molecule has 0 fully saturated rings. The third kappa shape index (κ3) is 4.97. The smallest absolute Gasteiger partial charge is 0.270 e. The molecule has 0 aliphatic heterocycles. The number of fused-ring (bicyclic) bond motifs is 1. The number of nitrogens with zero attached hydrogens (tertiary/aromatic N) is 4. The van der Waals surface area contributed by atoms with E-state index in [2.05, 4.69) is 32.9 Å². The standard InChI is InChI=1S/C24H22BrN5O4S/c1-16-9-11-21(30(31)32)13-22(16)35(33,34)29(14-19-7-5-4-6-8-19)27-18(3)24-17(2)26-23-12-10-20(25)15-28(23)24/h4-13,15,27H,3,14H2,1-2H3. The van der Waals surface area contributed by atoms with Crippen molar-refractivity contribution in [1.82, 2.24) is 19.2 Å². The first kappa shape index (κ1) is 24.6. The zero-order valence-electron chi connectivity index (χ0n) is 19.0. The number of pyridine rings is 1. The van der Waals surface area contributed by atoms with Crippen LogP contribution in [0.15, 0.2) is 82.8 Å². The molecule has 180 valence electrons. The number of hydrogen-bond acceptors (Lipinski definition) is 6. The highest BCUT2D eigenvalue weighted by atomic mass is 79.9. The van der Waals surface area contributed by atoms with Crippen molar-refractivity contribution in [2.24, 2.45) is 0 Å². The van der Waals surface area contributed by atoms with Crippen LogP contribution in [0.3, 0.4) is 0 Å². The molecule has 0 aliphatic carbocycles. The Kier molecular flexibility index (Phi) is 6.75. The summed E-state index contributed by atoms with van der Waals surface area (Å²) in [6, 6.07) is 16.5. The first-order valence-corrected chi connectivity index (χ1v) is 12.7. The number of aryl methyl sites for hydroxylation is 2. The third-order valence-corrected chi connectivity index (χ3v) is 7.69. The van der Waals surface area contributed by atoms with Gasteiger partial charge >= 0.3 is 0 Å². The summed E-state index contributed by atoms with van der Waals surface area (Å²) in [5.74, 6) is 0. The van der Waals surface area contributed by atoms with E-state index in [-0.39, 0.29) is 17.1 Å². The Bertz CT molecular complexity index is 1550. The van der Waals surface area contributed by atoms with Gasteiger partial charge in [0.2, 0.25) is 0 Å². The van der Waals surface area contributed by atoms with Crippen LogP contribution in [0.2, 0.25) is 0 Å². The Morgan fingerprint density at radius 2 is 1.89 bits per heavy atom. The maximum Gasteiger partial charge on any atom is 0.270 e. The number of rotatable bonds is 8. The number of aromatic nitrogens is 2. The molecule has 0 saturated heterocycles. The summed E-state index contributed by atoms with van der Waals surface area (Å²) in [4.78, 5) is 15.1. The van der Waals surface area contributed by atoms with Crippen LogP contribution in [0, 0.1) is 24.0 Å². The second-order valence-corrected chi connectivity index (χ2v) is 10.7. The normalized spacial score (nSPS) is 11.7. The number of non-ortho nitro benzene ring substituents is 1. The van der Waals surface area contributed by atoms with Crippen LogP contribution in [-0.4, -0.2) is 27.1 Å². The maximum atomic E-state index is 13.8. The summed E-state index contributed by atoms with van der Waals surface area (Å²) in [6.07, 6.45) is 1.82. The lowest BCUT2D eigenvalue weighted by molar-refractivity contribution is -0.385. The van der Waals surface area contributed by atoms with Crippen LogP contribution in [-0.2, 0) is 16.6 Å². The van der Waals surface area contributed by atoms with E-state index in [1.165, 1.54) is 12.1 Å². The van der Waals surface area contributed by atoms with Gasteiger partial charge < -0.3 is 5.43 Å². The quantitative estimate of drug-likeness (QED) is 0.242. The van der Waals surface area contributed by atoms with E-state index in [0.29, 0.717) is 28.3 Å². The van der Waals surface area contributed by atoms with Gasteiger partial charge in [0.15, 0.2) is 0 Å². The number of halogens is 1. The number of nitrogens with one attached hydrogen (secondary N) is 1. The lowest BCUT2D eigenvalue weighted by atomic mass is 10.2. The fourth-order valence-electron chi connectivity index (χ4n) is 3.74. The predicted molar refractivity (Wildman–Crippen MR) is 137 cm³/mol. The summed E-state index contributed by atoms with van der Waals surface area (Å²) < 4.78 is 31.3. The van der Waals surface area contributed by atoms with Crippen LogP contribution < -0.4 is 5.43 Å². The Hall–Kier alpha value is -3.54. The van der Waals surface area contributed by atoms with Crippen molar-refractivity contribution in [1.29, 1.82) is 0 Å². The maximum absolute atomic E-state index is 13.8. The molecule has 1 N–H and O–H groups in total. The first-order valence-electron chi connectivity index (χ1n) is 10.5. The van der Waals surface area contributed by atoms with Crippen LogP contribution >= 0.6 is 15.9 Å². The highest BCUT2D eigenvalue weighted by Gasteiger charge is 2.29. The molecule has 0 bridgehead atoms. The van der Waals surface area contributed by atoms with Gasteiger partial charge in [-0.2, -0.15) is 0 Å². The fourth-order valence-corrected chi connectivity index (χ4v) is 5.60. The van der Waals surface area contributed by atoms with E-state index in [4.69, 9.17) is 0 Å². The number of nitro benzene ring substituents is 1. The first-order chi connectivity index (χ1) is 16.6. The molecule has 4 rings (SSSR count). The summed E-state index contributed by atoms with van der Waals surface area (Å²) in [7, 11) is -4.23. The Labute approximate surface area is 211 Å². The number of nitro groups is 1. The molecule has 0 radical (unpaired) electrons. The number of sulfonamides is 1. The Morgan fingerprint density at radius 1 is 1.17 bits per heavy atom. The number of hydrogen-bond donors (Lipinski definition) is 1. The lowest BCUT2D eigenvalue weighted by Crippen LogP contribution is -2.41. The van der Waals surface area contributed by atoms with E-state index in [1.54, 1.807) is 35.6 Å². The monoisotopic (exact) mass is 555 g/mol. The van der Waals surface area contributed by atoms with Gasteiger partial charge in [0.1, 0.15) is 5.65 Å². The molecule has 0 amide bonds. The molecule has 11 heteroatoms. The van der Waals surface area contributed by atoms with Crippen molar-refractivity contribution in [3.8, 4) is 0 Å². The minimum Gasteiger partial charge on any atom is -0.303 e. The van der Waals surface area contributed by atoms with Crippen molar-refractivity contribution in [3.63, 3.8) is 0 Å². The summed E-state index contributed by atoms with van der Waals surface area (Å²) in [5.41, 5.74) is 5.97. The summed E-state index contributed by atoms with van der Waals surface area (Å²) in [6.45, 7) is 7.46. The largest absolute Gasteiger partial charge is 0.303 e. The summed E-state index contributed by atoms with van der Waals surface area (Å²) >= 11 is 3.45. The van der Waals surface area contributed by atoms with Crippen molar-refractivity contribution in [2.75, 3.05) is 0 Å². The van der Waals surface area contributed by atoms with Gasteiger partial charge in [0.25, 0.3) is 15.7 Å². The number of hydrazine groups is 1. The van der Waals surface area contributed by atoms with Gasteiger partial charge in [-0.1, -0.05) is 43.0 Å². The van der Waals surface area contributed by atoms with Crippen LogP contribution in [0.25, 0.3) is 11.3 Å². The van der Waals surface area contributed by atoms with Crippen LogP contribution in [0.1, 0.15) is 22.5 Å². The molecule has 2 aromatic heterocycles. The molecule has 0 spiro atoms. The zero-order chi connectivity index (χ0) is 25.3. The molecule has 2 heterocycles. The summed E-state index contributed by atoms with van der Waals surface area (Å²) in [5, 5.41) is 11.3. The van der Waals surface area contributed by atoms with E-state index in [0.717, 1.165) is 20.5 Å². The molecular weight excluding hydrogens is 534 g/mol. The zero-order valence-corrected chi connectivity index (χ0v) is 21.4. The van der Waals surface area contributed by atoms with E-state index >= 15 is 0 Å². The van der Waals surface area contributed by atoms with Gasteiger partial charge in [-0.25, -0.2) is 13.4 Å². The average Bonchev–Trinajstić information content (AvgIpc) is 3.14. The second kappa shape index (κ2) is 9.61. The highest BCUT2D eigenvalue weighted by molar-refractivity contribution is 9.10. The molecule has 9 nitrogen and oxygen atoms in total. The average molecular weight is 556 g/mol. The van der Waals surface area contributed by atoms with Crippen molar-refractivity contribution < 1.29 is 13.3 Å². The molecule has 4 aromatic rings. The highest BCUT2D eigenvalue weighted by Crippen LogP contribution is 2.27. The van der Waals surface area contributed by atoms with Crippen molar-refractivity contribution >= 4 is 43.0 Å². The van der Waals surface area contributed by atoms with Gasteiger partial charge in [-0.15, -0.1) is 4.41 Å². The molecular formula is C24H22BrN5O4S.